The standard InChI is InChI=1S/C17H18N2O2S/c20-17(9-11-22-15-6-2-1-3-7-15)19-12-14(13-19)21-16-8-4-5-10-18-16/h1-8,10,14H,9,11-13H2. The largest absolute Gasteiger partial charge is 0.471 e. The van der Waals surface area contributed by atoms with Crippen LogP contribution in [0, 0.1) is 0 Å². The number of aromatic nitrogens is 1. The fourth-order valence-electron chi connectivity index (χ4n) is 2.23. The van der Waals surface area contributed by atoms with Gasteiger partial charge in [-0.25, -0.2) is 4.98 Å². The maximum atomic E-state index is 12.1. The summed E-state index contributed by atoms with van der Waals surface area (Å²) < 4.78 is 5.69. The zero-order valence-electron chi connectivity index (χ0n) is 12.2. The van der Waals surface area contributed by atoms with Gasteiger partial charge >= 0.3 is 0 Å². The summed E-state index contributed by atoms with van der Waals surface area (Å²) in [5.74, 6) is 1.63. The molecule has 1 aromatic heterocycles. The Labute approximate surface area is 134 Å². The highest BCUT2D eigenvalue weighted by Gasteiger charge is 2.31. The van der Waals surface area contributed by atoms with E-state index < -0.39 is 0 Å². The van der Waals surface area contributed by atoms with Crippen LogP contribution in [0.4, 0.5) is 0 Å². The summed E-state index contributed by atoms with van der Waals surface area (Å²) in [6.45, 7) is 1.32. The Kier molecular flexibility index (Phi) is 4.96. The molecular formula is C17H18N2O2S. The summed E-state index contributed by atoms with van der Waals surface area (Å²) in [5.41, 5.74) is 0. The Balaban J connectivity index is 1.35. The minimum absolute atomic E-state index is 0.0700. The van der Waals surface area contributed by atoms with E-state index in [2.05, 4.69) is 17.1 Å². The van der Waals surface area contributed by atoms with Crippen LogP contribution in [0.5, 0.6) is 5.88 Å². The van der Waals surface area contributed by atoms with Gasteiger partial charge in [0, 0.05) is 29.3 Å². The summed E-state index contributed by atoms with van der Waals surface area (Å²) >= 11 is 1.72. The van der Waals surface area contributed by atoms with Crippen LogP contribution in [0.3, 0.4) is 0 Å². The fourth-order valence-corrected chi connectivity index (χ4v) is 3.10. The monoisotopic (exact) mass is 314 g/mol. The van der Waals surface area contributed by atoms with Crippen molar-refractivity contribution in [3.05, 3.63) is 54.7 Å². The van der Waals surface area contributed by atoms with Gasteiger partial charge in [-0.3, -0.25) is 4.79 Å². The molecule has 3 rings (SSSR count). The Morgan fingerprint density at radius 2 is 1.95 bits per heavy atom. The molecule has 2 heterocycles. The Morgan fingerprint density at radius 1 is 1.18 bits per heavy atom. The smallest absolute Gasteiger partial charge is 0.223 e. The van der Waals surface area contributed by atoms with Gasteiger partial charge in [-0.15, -0.1) is 11.8 Å². The van der Waals surface area contributed by atoms with Gasteiger partial charge < -0.3 is 9.64 Å². The molecular weight excluding hydrogens is 296 g/mol. The van der Waals surface area contributed by atoms with Crippen molar-refractivity contribution in [1.82, 2.24) is 9.88 Å². The third-order valence-corrected chi connectivity index (χ3v) is 4.47. The van der Waals surface area contributed by atoms with Crippen molar-refractivity contribution in [2.24, 2.45) is 0 Å². The van der Waals surface area contributed by atoms with E-state index in [4.69, 9.17) is 4.74 Å². The molecule has 1 aliphatic heterocycles. The molecule has 1 amide bonds. The van der Waals surface area contributed by atoms with Crippen molar-refractivity contribution in [1.29, 1.82) is 0 Å². The number of carbonyl (C=O) groups is 1. The van der Waals surface area contributed by atoms with Crippen LogP contribution in [-0.4, -0.2) is 40.7 Å². The van der Waals surface area contributed by atoms with E-state index in [0.29, 0.717) is 25.4 Å². The lowest BCUT2D eigenvalue weighted by molar-refractivity contribution is -0.139. The van der Waals surface area contributed by atoms with E-state index in [0.717, 1.165) is 5.75 Å². The van der Waals surface area contributed by atoms with Crippen molar-refractivity contribution < 1.29 is 9.53 Å². The molecule has 1 aliphatic rings. The third-order valence-electron chi connectivity index (χ3n) is 3.45. The molecule has 0 radical (unpaired) electrons. The van der Waals surface area contributed by atoms with Gasteiger partial charge in [-0.2, -0.15) is 0 Å². The summed E-state index contributed by atoms with van der Waals surface area (Å²) in [4.78, 5) is 19.2. The van der Waals surface area contributed by atoms with Crippen LogP contribution in [0.25, 0.3) is 0 Å². The van der Waals surface area contributed by atoms with Gasteiger partial charge in [0.2, 0.25) is 11.8 Å². The molecule has 2 aromatic rings. The Morgan fingerprint density at radius 3 is 2.68 bits per heavy atom. The first-order valence-electron chi connectivity index (χ1n) is 7.34. The number of carbonyl (C=O) groups excluding carboxylic acids is 1. The van der Waals surface area contributed by atoms with Crippen molar-refractivity contribution in [3.8, 4) is 5.88 Å². The predicted molar refractivity (Wildman–Crippen MR) is 87.0 cm³/mol. The van der Waals surface area contributed by atoms with Crippen LogP contribution in [0.1, 0.15) is 6.42 Å². The van der Waals surface area contributed by atoms with Gasteiger partial charge in [-0.1, -0.05) is 24.3 Å². The minimum Gasteiger partial charge on any atom is -0.471 e. The molecule has 4 nitrogen and oxygen atoms in total. The molecule has 0 atom stereocenters. The predicted octanol–water partition coefficient (Wildman–Crippen LogP) is 2.85. The topological polar surface area (TPSA) is 42.4 Å². The maximum absolute atomic E-state index is 12.1. The van der Waals surface area contributed by atoms with E-state index in [-0.39, 0.29) is 12.0 Å². The molecule has 0 unspecified atom stereocenters. The quantitative estimate of drug-likeness (QED) is 0.769. The lowest BCUT2D eigenvalue weighted by Crippen LogP contribution is -2.56. The van der Waals surface area contributed by atoms with Gasteiger partial charge in [0.25, 0.3) is 0 Å². The second kappa shape index (κ2) is 7.31. The number of hydrogen-bond donors (Lipinski definition) is 0. The average Bonchev–Trinajstić information content (AvgIpc) is 2.52. The average molecular weight is 314 g/mol. The van der Waals surface area contributed by atoms with Crippen molar-refractivity contribution >= 4 is 17.7 Å². The zero-order valence-corrected chi connectivity index (χ0v) is 13.0. The highest BCUT2D eigenvalue weighted by atomic mass is 32.2. The van der Waals surface area contributed by atoms with Crippen molar-refractivity contribution in [3.63, 3.8) is 0 Å². The molecule has 0 saturated carbocycles. The lowest BCUT2D eigenvalue weighted by atomic mass is 10.1. The van der Waals surface area contributed by atoms with E-state index >= 15 is 0 Å². The molecule has 1 fully saturated rings. The molecule has 114 valence electrons. The lowest BCUT2D eigenvalue weighted by Gasteiger charge is -2.38. The van der Waals surface area contributed by atoms with Crippen molar-refractivity contribution in [2.45, 2.75) is 17.4 Å². The van der Waals surface area contributed by atoms with Gasteiger partial charge in [0.15, 0.2) is 0 Å². The van der Waals surface area contributed by atoms with Gasteiger partial charge in [0.05, 0.1) is 13.1 Å². The van der Waals surface area contributed by atoms with Crippen LogP contribution in [0.15, 0.2) is 59.6 Å². The number of nitrogens with zero attached hydrogens (tertiary/aromatic N) is 2. The molecule has 0 bridgehead atoms. The van der Waals surface area contributed by atoms with Crippen LogP contribution >= 0.6 is 11.8 Å². The van der Waals surface area contributed by atoms with Crippen LogP contribution in [-0.2, 0) is 4.79 Å². The van der Waals surface area contributed by atoms with E-state index in [9.17, 15) is 4.79 Å². The SMILES string of the molecule is O=C(CCSc1ccccc1)N1CC(Oc2ccccn2)C1. The van der Waals surface area contributed by atoms with Gasteiger partial charge in [0.1, 0.15) is 6.10 Å². The second-order valence-electron chi connectivity index (χ2n) is 5.12. The first-order chi connectivity index (χ1) is 10.8. The maximum Gasteiger partial charge on any atom is 0.223 e. The highest BCUT2D eigenvalue weighted by molar-refractivity contribution is 7.99. The fraction of sp³-hybridized carbons (Fsp3) is 0.294. The Bertz CT molecular complexity index is 601. The number of hydrogen-bond acceptors (Lipinski definition) is 4. The first kappa shape index (κ1) is 14.9. The normalized spacial score (nSPS) is 14.5. The molecule has 1 aromatic carbocycles. The van der Waals surface area contributed by atoms with E-state index in [1.54, 1.807) is 18.0 Å². The van der Waals surface area contributed by atoms with Crippen LogP contribution in [0.2, 0.25) is 0 Å². The molecule has 1 saturated heterocycles. The summed E-state index contributed by atoms with van der Waals surface area (Å²) in [6.07, 6.45) is 2.34. The summed E-state index contributed by atoms with van der Waals surface area (Å²) in [5, 5.41) is 0. The minimum atomic E-state index is 0.0700. The molecule has 0 N–H and O–H groups in total. The first-order valence-corrected chi connectivity index (χ1v) is 8.33. The molecule has 22 heavy (non-hydrogen) atoms. The zero-order chi connectivity index (χ0) is 15.2. The number of likely N-dealkylation sites (tertiary alicyclic amines) is 1. The van der Waals surface area contributed by atoms with Gasteiger partial charge in [-0.05, 0) is 18.2 Å². The molecule has 0 aliphatic carbocycles. The third kappa shape index (κ3) is 4.01. The van der Waals surface area contributed by atoms with E-state index in [1.165, 1.54) is 4.90 Å². The van der Waals surface area contributed by atoms with Crippen LogP contribution < -0.4 is 4.74 Å². The summed E-state index contributed by atoms with van der Waals surface area (Å²) in [6, 6.07) is 15.7. The number of thioether (sulfide) groups is 1. The number of benzene rings is 1. The number of pyridine rings is 1. The molecule has 0 spiro atoms. The second-order valence-corrected chi connectivity index (χ2v) is 6.29. The Hall–Kier alpha value is -2.01. The number of ether oxygens (including phenoxy) is 1. The highest BCUT2D eigenvalue weighted by Crippen LogP contribution is 2.20. The van der Waals surface area contributed by atoms with E-state index in [1.807, 2.05) is 41.3 Å². The number of amides is 1. The number of rotatable bonds is 6. The van der Waals surface area contributed by atoms with Crippen molar-refractivity contribution in [2.75, 3.05) is 18.8 Å². The molecule has 5 heteroatoms. The summed E-state index contributed by atoms with van der Waals surface area (Å²) in [7, 11) is 0.